The maximum absolute atomic E-state index is 12.7. The lowest BCUT2D eigenvalue weighted by molar-refractivity contribution is -0.138. The Hall–Kier alpha value is -8.42. The van der Waals surface area contributed by atoms with Crippen LogP contribution in [0.25, 0.3) is 11.3 Å². The van der Waals surface area contributed by atoms with E-state index in [1.54, 1.807) is 82.1 Å². The Balaban J connectivity index is 0.000000196. The molecule has 0 saturated heterocycles. The smallest absolute Gasteiger partial charge is 0.416 e. The summed E-state index contributed by atoms with van der Waals surface area (Å²) in [4.78, 5) is 63.9. The van der Waals surface area contributed by atoms with Crippen molar-refractivity contribution >= 4 is 46.4 Å². The number of imidazole rings is 2. The van der Waals surface area contributed by atoms with E-state index in [1.165, 1.54) is 12.4 Å². The number of carboxylic acid groups (broad SMARTS) is 2. The molecule has 4 aromatic heterocycles. The largest absolute Gasteiger partial charge is 0.481 e. The highest BCUT2D eigenvalue weighted by atomic mass is 19.4. The fraction of sp³-hybridized carbons (Fsp3) is 0.130. The third kappa shape index (κ3) is 11.2. The van der Waals surface area contributed by atoms with Crippen LogP contribution in [-0.4, -0.2) is 62.7 Å². The van der Waals surface area contributed by atoms with Gasteiger partial charge in [-0.3, -0.25) is 28.0 Å². The lowest BCUT2D eigenvalue weighted by atomic mass is 10.1. The molecule has 4 heterocycles. The van der Waals surface area contributed by atoms with Gasteiger partial charge in [-0.15, -0.1) is 0 Å². The highest BCUT2D eigenvalue weighted by molar-refractivity contribution is 6.05. The van der Waals surface area contributed by atoms with Gasteiger partial charge in [0.15, 0.2) is 0 Å². The number of carboxylic acids is 2. The van der Waals surface area contributed by atoms with Crippen LogP contribution >= 0.6 is 0 Å². The summed E-state index contributed by atoms with van der Waals surface area (Å²) in [6.07, 6.45) is 1.18. The monoisotopic (exact) mass is 908 g/mol. The fourth-order valence-corrected chi connectivity index (χ4v) is 6.68. The maximum Gasteiger partial charge on any atom is 0.416 e. The Kier molecular flexibility index (Phi) is 13.2. The molecule has 0 aliphatic heterocycles. The second-order valence-corrected chi connectivity index (χ2v) is 14.6. The van der Waals surface area contributed by atoms with Crippen LogP contribution in [0.5, 0.6) is 0 Å². The molecule has 4 N–H and O–H groups in total. The molecule has 0 bridgehead atoms. The van der Waals surface area contributed by atoms with Gasteiger partial charge in [0.25, 0.3) is 11.8 Å². The predicted octanol–water partition coefficient (Wildman–Crippen LogP) is 8.44. The molecule has 0 fully saturated rings. The van der Waals surface area contributed by atoms with Gasteiger partial charge in [0.05, 0.1) is 24.0 Å². The number of benzene rings is 4. The van der Waals surface area contributed by atoms with Crippen molar-refractivity contribution in [3.05, 3.63) is 190 Å². The maximum atomic E-state index is 12.7. The summed E-state index contributed by atoms with van der Waals surface area (Å²) in [5.41, 5.74) is 3.41. The molecule has 20 heteroatoms. The number of carbonyl (C=O) groups is 4. The van der Waals surface area contributed by atoms with Crippen LogP contribution in [0.3, 0.4) is 0 Å². The number of nitrogens with one attached hydrogen (secondary N) is 2. The second-order valence-electron chi connectivity index (χ2n) is 14.6. The molecule has 8 rings (SSSR count). The average Bonchev–Trinajstić information content (AvgIpc) is 3.99. The number of hydrogen-bond donors (Lipinski definition) is 4. The fourth-order valence-electron chi connectivity index (χ4n) is 6.68. The number of amides is 2. The van der Waals surface area contributed by atoms with E-state index in [9.17, 15) is 45.5 Å². The van der Waals surface area contributed by atoms with Gasteiger partial charge in [-0.1, -0.05) is 24.3 Å². The van der Waals surface area contributed by atoms with Gasteiger partial charge in [0.1, 0.15) is 22.9 Å². The number of nitrogens with zero attached hydrogens (tertiary/aromatic N) is 6. The Bertz CT molecular complexity index is 2830. The summed E-state index contributed by atoms with van der Waals surface area (Å²) >= 11 is 0. The zero-order valence-electron chi connectivity index (χ0n) is 34.0. The molecule has 0 radical (unpaired) electrons. The first-order valence-corrected chi connectivity index (χ1v) is 19.6. The number of halogens is 6. The molecule has 66 heavy (non-hydrogen) atoms. The van der Waals surface area contributed by atoms with E-state index in [2.05, 4.69) is 30.6 Å². The molecule has 8 aromatic rings. The zero-order valence-corrected chi connectivity index (χ0v) is 34.0. The molecule has 0 spiro atoms. The predicted molar refractivity (Wildman–Crippen MR) is 226 cm³/mol. The van der Waals surface area contributed by atoms with Crippen molar-refractivity contribution in [3.63, 3.8) is 0 Å². The third-order valence-electron chi connectivity index (χ3n) is 9.93. The van der Waals surface area contributed by atoms with E-state index >= 15 is 0 Å². The molecule has 0 saturated carbocycles. The van der Waals surface area contributed by atoms with Gasteiger partial charge in [0.2, 0.25) is 0 Å². The first-order chi connectivity index (χ1) is 31.4. The van der Waals surface area contributed by atoms with Crippen molar-refractivity contribution in [1.82, 2.24) is 28.7 Å². The summed E-state index contributed by atoms with van der Waals surface area (Å²) in [5.74, 6) is -1.65. The summed E-state index contributed by atoms with van der Waals surface area (Å²) in [5, 5.41) is 23.4. The zero-order chi connectivity index (χ0) is 47.2. The Morgan fingerprint density at radius 2 is 0.848 bits per heavy atom. The topological polar surface area (TPSA) is 193 Å². The van der Waals surface area contributed by atoms with E-state index in [-0.39, 0.29) is 24.0 Å². The number of anilines is 2. The second kappa shape index (κ2) is 19.1. The summed E-state index contributed by atoms with van der Waals surface area (Å²) in [6, 6.07) is 21.9. The van der Waals surface area contributed by atoms with Gasteiger partial charge < -0.3 is 20.8 Å². The van der Waals surface area contributed by atoms with Crippen molar-refractivity contribution in [2.75, 3.05) is 10.6 Å². The van der Waals surface area contributed by atoms with Crippen molar-refractivity contribution in [2.45, 2.75) is 38.0 Å². The first-order valence-electron chi connectivity index (χ1n) is 19.6. The van der Waals surface area contributed by atoms with Gasteiger partial charge >= 0.3 is 24.3 Å². The number of aliphatic carboxylic acids is 2. The molecular weight excluding hydrogens is 875 g/mol. The highest BCUT2D eigenvalue weighted by Crippen LogP contribution is 2.30. The number of alkyl halides is 6. The summed E-state index contributed by atoms with van der Waals surface area (Å²) in [7, 11) is 0. The van der Waals surface area contributed by atoms with Crippen molar-refractivity contribution in [2.24, 2.45) is 0 Å². The van der Waals surface area contributed by atoms with Crippen LogP contribution in [0.15, 0.2) is 134 Å². The first kappa shape index (κ1) is 45.6. The van der Waals surface area contributed by atoms with Crippen LogP contribution < -0.4 is 10.6 Å². The molecule has 336 valence electrons. The summed E-state index contributed by atoms with van der Waals surface area (Å²) < 4.78 is 79.5. The van der Waals surface area contributed by atoms with Gasteiger partial charge in [-0.2, -0.15) is 26.3 Å². The van der Waals surface area contributed by atoms with Gasteiger partial charge in [0, 0.05) is 83.7 Å². The highest BCUT2D eigenvalue weighted by Gasteiger charge is 2.31. The Labute approximate surface area is 369 Å². The van der Waals surface area contributed by atoms with E-state index in [4.69, 9.17) is 10.2 Å². The van der Waals surface area contributed by atoms with Crippen molar-refractivity contribution in [1.29, 1.82) is 0 Å². The van der Waals surface area contributed by atoms with Gasteiger partial charge in [-0.05, 0) is 83.9 Å². The molecule has 0 aliphatic rings. The number of hydrogen-bond acceptors (Lipinski definition) is 8. The number of aromatic nitrogens is 6. The Morgan fingerprint density at radius 3 is 1.17 bits per heavy atom. The van der Waals surface area contributed by atoms with Crippen molar-refractivity contribution < 1.29 is 55.7 Å². The van der Waals surface area contributed by atoms with Crippen LogP contribution in [0, 0.1) is 0 Å². The minimum atomic E-state index is -4.46. The molecule has 0 atom stereocenters. The number of carbonyl (C=O) groups excluding carboxylic acids is 2. The summed E-state index contributed by atoms with van der Waals surface area (Å²) in [6.45, 7) is 0. The molecular formula is C46H34F6N8O6. The van der Waals surface area contributed by atoms with E-state index in [0.717, 1.165) is 59.7 Å². The van der Waals surface area contributed by atoms with Crippen LogP contribution in [0.4, 0.5) is 37.7 Å². The Morgan fingerprint density at radius 1 is 0.500 bits per heavy atom. The molecule has 0 unspecified atom stereocenters. The van der Waals surface area contributed by atoms with E-state index in [0.29, 0.717) is 58.3 Å². The lowest BCUT2D eigenvalue weighted by Crippen LogP contribution is -2.13. The molecule has 0 aliphatic carbocycles. The minimum absolute atomic E-state index is 0.111. The quantitative estimate of drug-likeness (QED) is 0.0865. The van der Waals surface area contributed by atoms with Gasteiger partial charge in [-0.25, -0.2) is 19.9 Å². The normalized spacial score (nSPS) is 11.5. The molecule has 4 aromatic carbocycles. The minimum Gasteiger partial charge on any atom is -0.481 e. The standard InChI is InChI=1S/2C23H17F3N4O3/c2*24-23(25,26)17-5-3-15(4-6-17)22(33)29-18-7-1-14(2-8-18)11-19-28-13-16(12-20(31)32)21-27-9-10-30(19)21/h2*1-10,13H,11-12H2,(H,29,33)(H,31,32). The van der Waals surface area contributed by atoms with Crippen molar-refractivity contribution in [3.8, 4) is 0 Å². The van der Waals surface area contributed by atoms with E-state index in [1.807, 2.05) is 0 Å². The number of rotatable bonds is 12. The molecule has 2 amide bonds. The number of fused-ring (bicyclic) bond motifs is 2. The van der Waals surface area contributed by atoms with Crippen LogP contribution in [-0.2, 0) is 47.6 Å². The SMILES string of the molecule is O=C(O)Cc1cnc(Cc2ccc(NC(=O)c3ccc(C(F)(F)F)cc3)cc2)n2ccnc12.O=C(O)Cc1cnc(Cc2ccc(NC(=O)c3ccc(C(F)(F)F)cc3)cc2)n2ccnc12. The van der Waals surface area contributed by atoms with Crippen LogP contribution in [0.1, 0.15) is 65.7 Å². The average molecular weight is 909 g/mol. The van der Waals surface area contributed by atoms with Crippen LogP contribution in [0.2, 0.25) is 0 Å². The van der Waals surface area contributed by atoms with E-state index < -0.39 is 47.2 Å². The lowest BCUT2D eigenvalue weighted by Gasteiger charge is -2.10. The third-order valence-corrected chi connectivity index (χ3v) is 9.93. The molecule has 14 nitrogen and oxygen atoms in total.